The topological polar surface area (TPSA) is 118 Å². The Labute approximate surface area is 214 Å². The number of hydrogen-bond donors (Lipinski definition) is 2. The van der Waals surface area contributed by atoms with E-state index in [1.165, 1.54) is 12.1 Å². The second kappa shape index (κ2) is 9.59. The third-order valence-corrected chi connectivity index (χ3v) is 6.70. The SMILES string of the molecule is COc1ccc(C2C(C#N)=C(N)N(NC(=O)c3ccc(Cl)cc3)C3=C2C(=O)CC(C)(C)C3)c(OC)c1. The van der Waals surface area contributed by atoms with Crippen LogP contribution in [0.2, 0.25) is 5.02 Å². The fraction of sp³-hybridized carbons (Fsp3) is 0.296. The molecule has 1 heterocycles. The quantitative estimate of drug-likeness (QED) is 0.615. The molecule has 0 saturated carbocycles. The molecule has 4 rings (SSSR count). The number of ether oxygens (including phenoxy) is 2. The van der Waals surface area contributed by atoms with Crippen LogP contribution in [0.4, 0.5) is 0 Å². The Morgan fingerprint density at radius 3 is 2.47 bits per heavy atom. The molecule has 1 amide bonds. The first-order valence-electron chi connectivity index (χ1n) is 11.3. The predicted molar refractivity (Wildman–Crippen MR) is 135 cm³/mol. The van der Waals surface area contributed by atoms with Gasteiger partial charge in [0, 0.05) is 34.2 Å². The van der Waals surface area contributed by atoms with Crippen LogP contribution in [-0.4, -0.2) is 30.9 Å². The van der Waals surface area contributed by atoms with Crippen molar-refractivity contribution in [2.24, 2.45) is 11.1 Å². The normalized spacial score (nSPS) is 18.9. The molecule has 3 N–H and O–H groups in total. The molecule has 2 aromatic rings. The summed E-state index contributed by atoms with van der Waals surface area (Å²) in [4.78, 5) is 26.7. The Hall–Kier alpha value is -3.96. The molecule has 0 fully saturated rings. The standard InChI is InChI=1S/C27H27ClN4O4/c1-27(2)12-20-24(21(33)13-27)23(18-10-9-17(35-3)11-22(18)36-4)19(14-29)25(30)32(20)31-26(34)15-5-7-16(28)8-6-15/h5-11,23H,12-13,30H2,1-4H3,(H,31,34). The second-order valence-corrected chi connectivity index (χ2v) is 9.97. The summed E-state index contributed by atoms with van der Waals surface area (Å²) in [6.45, 7) is 3.97. The largest absolute Gasteiger partial charge is 0.497 e. The van der Waals surface area contributed by atoms with Crippen LogP contribution < -0.4 is 20.6 Å². The summed E-state index contributed by atoms with van der Waals surface area (Å²) >= 11 is 5.96. The molecule has 0 saturated heterocycles. The van der Waals surface area contributed by atoms with E-state index in [4.69, 9.17) is 26.8 Å². The van der Waals surface area contributed by atoms with Crippen molar-refractivity contribution in [1.82, 2.24) is 10.4 Å². The maximum absolute atomic E-state index is 13.6. The lowest BCUT2D eigenvalue weighted by molar-refractivity contribution is -0.118. The molecule has 0 spiro atoms. The van der Waals surface area contributed by atoms with Crippen molar-refractivity contribution in [2.75, 3.05) is 14.2 Å². The van der Waals surface area contributed by atoms with Crippen molar-refractivity contribution in [3.05, 3.63) is 81.3 Å². The Kier molecular flexibility index (Phi) is 6.70. The van der Waals surface area contributed by atoms with Gasteiger partial charge in [-0.15, -0.1) is 0 Å². The molecule has 0 radical (unpaired) electrons. The Bertz CT molecular complexity index is 1340. The smallest absolute Gasteiger partial charge is 0.270 e. The maximum atomic E-state index is 13.6. The Morgan fingerprint density at radius 2 is 1.86 bits per heavy atom. The van der Waals surface area contributed by atoms with Crippen molar-refractivity contribution >= 4 is 23.3 Å². The second-order valence-electron chi connectivity index (χ2n) is 9.54. The number of rotatable bonds is 5. The number of hydrazine groups is 1. The molecule has 1 atom stereocenters. The lowest BCUT2D eigenvalue weighted by Gasteiger charge is -2.43. The van der Waals surface area contributed by atoms with Crippen LogP contribution in [0.15, 0.2) is 65.1 Å². The number of amides is 1. The third kappa shape index (κ3) is 4.50. The average molecular weight is 507 g/mol. The van der Waals surface area contributed by atoms with Gasteiger partial charge in [-0.1, -0.05) is 31.5 Å². The number of ketones is 1. The van der Waals surface area contributed by atoms with Gasteiger partial charge in [0.15, 0.2) is 5.78 Å². The number of nitrogens with zero attached hydrogens (tertiary/aromatic N) is 2. The molecule has 2 aliphatic rings. The van der Waals surface area contributed by atoms with Crippen LogP contribution in [0.25, 0.3) is 0 Å². The lowest BCUT2D eigenvalue weighted by atomic mass is 9.69. The predicted octanol–water partition coefficient (Wildman–Crippen LogP) is 4.44. The van der Waals surface area contributed by atoms with Crippen LogP contribution in [0.5, 0.6) is 11.5 Å². The summed E-state index contributed by atoms with van der Waals surface area (Å²) in [7, 11) is 3.06. The van der Waals surface area contributed by atoms with Crippen molar-refractivity contribution < 1.29 is 19.1 Å². The van der Waals surface area contributed by atoms with Gasteiger partial charge in [0.05, 0.1) is 37.5 Å². The highest BCUT2D eigenvalue weighted by molar-refractivity contribution is 6.30. The molecule has 8 nitrogen and oxygen atoms in total. The number of halogens is 1. The minimum atomic E-state index is -0.752. The molecule has 1 unspecified atom stereocenters. The molecular weight excluding hydrogens is 480 g/mol. The van der Waals surface area contributed by atoms with E-state index in [-0.39, 0.29) is 22.6 Å². The summed E-state index contributed by atoms with van der Waals surface area (Å²) < 4.78 is 10.9. The molecule has 0 aromatic heterocycles. The summed E-state index contributed by atoms with van der Waals surface area (Å²) in [6, 6.07) is 13.8. The number of nitrogens with one attached hydrogen (secondary N) is 1. The van der Waals surface area contributed by atoms with E-state index in [2.05, 4.69) is 11.5 Å². The number of allylic oxidation sites excluding steroid dienone is 3. The molecular formula is C27H27ClN4O4. The summed E-state index contributed by atoms with van der Waals surface area (Å²) in [5.74, 6) is -0.234. The number of nitrogens with two attached hydrogens (primary N) is 1. The Morgan fingerprint density at radius 1 is 1.17 bits per heavy atom. The van der Waals surface area contributed by atoms with E-state index in [1.54, 1.807) is 49.6 Å². The van der Waals surface area contributed by atoms with E-state index in [1.807, 2.05) is 13.8 Å². The number of Topliss-reactive ketones (excluding diaryl/α,β-unsaturated/α-hetero) is 1. The molecule has 186 valence electrons. The number of benzene rings is 2. The van der Waals surface area contributed by atoms with E-state index >= 15 is 0 Å². The highest BCUT2D eigenvalue weighted by atomic mass is 35.5. The number of carbonyl (C=O) groups is 2. The first kappa shape index (κ1) is 25.1. The monoisotopic (exact) mass is 506 g/mol. The molecule has 36 heavy (non-hydrogen) atoms. The lowest BCUT2D eigenvalue weighted by Crippen LogP contribution is -2.49. The minimum absolute atomic E-state index is 0.0481. The molecule has 1 aliphatic heterocycles. The number of nitriles is 1. The van der Waals surface area contributed by atoms with E-state index in [9.17, 15) is 14.9 Å². The van der Waals surface area contributed by atoms with Gasteiger partial charge in [0.25, 0.3) is 5.91 Å². The Balaban J connectivity index is 1.88. The molecule has 1 aliphatic carbocycles. The van der Waals surface area contributed by atoms with Gasteiger partial charge in [-0.3, -0.25) is 15.0 Å². The van der Waals surface area contributed by atoms with Crippen LogP contribution >= 0.6 is 11.6 Å². The van der Waals surface area contributed by atoms with Crippen molar-refractivity contribution in [3.8, 4) is 17.6 Å². The van der Waals surface area contributed by atoms with Gasteiger partial charge in [0.2, 0.25) is 0 Å². The molecule has 2 aromatic carbocycles. The van der Waals surface area contributed by atoms with Gasteiger partial charge >= 0.3 is 0 Å². The van der Waals surface area contributed by atoms with E-state index < -0.39 is 11.8 Å². The van der Waals surface area contributed by atoms with Crippen LogP contribution in [0, 0.1) is 16.7 Å². The van der Waals surface area contributed by atoms with Crippen molar-refractivity contribution in [3.63, 3.8) is 0 Å². The zero-order valence-electron chi connectivity index (χ0n) is 20.5. The number of carbonyl (C=O) groups excluding carboxylic acids is 2. The molecule has 9 heteroatoms. The average Bonchev–Trinajstić information content (AvgIpc) is 2.84. The van der Waals surface area contributed by atoms with E-state index in [0.717, 1.165) is 0 Å². The maximum Gasteiger partial charge on any atom is 0.270 e. The molecule has 0 bridgehead atoms. The fourth-order valence-electron chi connectivity index (χ4n) is 4.77. The van der Waals surface area contributed by atoms with Crippen LogP contribution in [-0.2, 0) is 4.79 Å². The summed E-state index contributed by atoms with van der Waals surface area (Å²) in [5, 5.41) is 12.1. The van der Waals surface area contributed by atoms with Gasteiger partial charge in [0.1, 0.15) is 17.3 Å². The highest BCUT2D eigenvalue weighted by Crippen LogP contribution is 2.50. The zero-order valence-corrected chi connectivity index (χ0v) is 21.3. The summed E-state index contributed by atoms with van der Waals surface area (Å²) in [5.41, 5.74) is 11.0. The first-order valence-corrected chi connectivity index (χ1v) is 11.7. The van der Waals surface area contributed by atoms with Gasteiger partial charge in [-0.05, 0) is 42.2 Å². The summed E-state index contributed by atoms with van der Waals surface area (Å²) in [6.07, 6.45) is 0.752. The first-order chi connectivity index (χ1) is 17.1. The minimum Gasteiger partial charge on any atom is -0.497 e. The van der Waals surface area contributed by atoms with Crippen LogP contribution in [0.3, 0.4) is 0 Å². The van der Waals surface area contributed by atoms with Crippen LogP contribution in [0.1, 0.15) is 48.5 Å². The zero-order chi connectivity index (χ0) is 26.2. The van der Waals surface area contributed by atoms with Crippen molar-refractivity contribution in [2.45, 2.75) is 32.6 Å². The number of methoxy groups -OCH3 is 2. The highest BCUT2D eigenvalue weighted by Gasteiger charge is 2.45. The van der Waals surface area contributed by atoms with Gasteiger partial charge < -0.3 is 15.2 Å². The van der Waals surface area contributed by atoms with E-state index in [0.29, 0.717) is 51.8 Å². The van der Waals surface area contributed by atoms with Gasteiger partial charge in [-0.2, -0.15) is 5.26 Å². The van der Waals surface area contributed by atoms with Crippen molar-refractivity contribution in [1.29, 1.82) is 5.26 Å². The van der Waals surface area contributed by atoms with Gasteiger partial charge in [-0.25, -0.2) is 5.01 Å². The number of hydrogen-bond acceptors (Lipinski definition) is 7. The fourth-order valence-corrected chi connectivity index (χ4v) is 4.90. The third-order valence-electron chi connectivity index (χ3n) is 6.45.